The normalized spacial score (nSPS) is 29.8. The van der Waals surface area contributed by atoms with Crippen LogP contribution in [0.1, 0.15) is 19.8 Å². The Kier molecular flexibility index (Phi) is 7.95. The van der Waals surface area contributed by atoms with Crippen LogP contribution in [-0.4, -0.2) is 74.5 Å². The number of rotatable bonds is 10. The van der Waals surface area contributed by atoms with Gasteiger partial charge < -0.3 is 19.6 Å². The SMILES string of the molecule is C=CCOC(=O)[C@H]1[C@@H]2SC3(CC2Br)C(C(=O)N(CC=C)c2ccc4ccccc4c2)N([C@@H](CC)CO)C(=O)[C@H]13. The number of hydrogen-bond acceptors (Lipinski definition) is 6. The molecule has 0 aliphatic carbocycles. The molecule has 5 rings (SSSR count). The van der Waals surface area contributed by atoms with E-state index in [0.717, 1.165) is 10.8 Å². The minimum Gasteiger partial charge on any atom is -0.461 e. The number of carbonyl (C=O) groups excluding carboxylic acids is 3. The van der Waals surface area contributed by atoms with E-state index in [9.17, 15) is 19.5 Å². The topological polar surface area (TPSA) is 87.2 Å². The van der Waals surface area contributed by atoms with E-state index < -0.39 is 34.6 Å². The number of anilines is 1. The van der Waals surface area contributed by atoms with E-state index in [0.29, 0.717) is 18.5 Å². The van der Waals surface area contributed by atoms with Crippen LogP contribution in [0.2, 0.25) is 0 Å². The zero-order valence-electron chi connectivity index (χ0n) is 21.9. The van der Waals surface area contributed by atoms with Crippen molar-refractivity contribution >= 4 is 61.9 Å². The Morgan fingerprint density at radius 2 is 2.00 bits per heavy atom. The number of fused-ring (bicyclic) bond motifs is 2. The molecule has 3 saturated heterocycles. The lowest BCUT2D eigenvalue weighted by molar-refractivity contribution is -0.153. The van der Waals surface area contributed by atoms with Crippen LogP contribution in [0.3, 0.4) is 0 Å². The Bertz CT molecular complexity index is 1320. The number of hydrogen-bond donors (Lipinski definition) is 1. The Morgan fingerprint density at radius 3 is 2.67 bits per heavy atom. The van der Waals surface area contributed by atoms with Gasteiger partial charge in [-0.3, -0.25) is 14.4 Å². The molecule has 3 unspecified atom stereocenters. The Balaban J connectivity index is 1.61. The monoisotopic (exact) mass is 612 g/mol. The second kappa shape index (κ2) is 11.1. The van der Waals surface area contributed by atoms with Crippen LogP contribution in [0.4, 0.5) is 5.69 Å². The molecule has 0 saturated carbocycles. The van der Waals surface area contributed by atoms with Gasteiger partial charge in [0.2, 0.25) is 5.91 Å². The third-order valence-electron chi connectivity index (χ3n) is 8.27. The number of ether oxygens (including phenoxy) is 1. The van der Waals surface area contributed by atoms with Gasteiger partial charge in [-0.15, -0.1) is 18.3 Å². The molecule has 7 nitrogen and oxygen atoms in total. The third-order valence-corrected chi connectivity index (χ3v) is 11.5. The lowest BCUT2D eigenvalue weighted by Crippen LogP contribution is -2.58. The van der Waals surface area contributed by atoms with Crippen molar-refractivity contribution in [2.24, 2.45) is 11.8 Å². The molecule has 3 heterocycles. The van der Waals surface area contributed by atoms with Crippen LogP contribution in [0.15, 0.2) is 67.8 Å². The summed E-state index contributed by atoms with van der Waals surface area (Å²) in [6.45, 7) is 9.44. The van der Waals surface area contributed by atoms with Gasteiger partial charge in [-0.25, -0.2) is 0 Å². The van der Waals surface area contributed by atoms with E-state index in [1.54, 1.807) is 27.6 Å². The fraction of sp³-hybridized carbons (Fsp3) is 0.433. The first-order chi connectivity index (χ1) is 18.8. The zero-order valence-corrected chi connectivity index (χ0v) is 24.3. The molecule has 3 aliphatic heterocycles. The van der Waals surface area contributed by atoms with Gasteiger partial charge >= 0.3 is 5.97 Å². The van der Waals surface area contributed by atoms with Crippen molar-refractivity contribution < 1.29 is 24.2 Å². The molecule has 2 aromatic carbocycles. The molecule has 1 spiro atoms. The number of aliphatic hydroxyl groups is 1. The molecule has 7 atom stereocenters. The van der Waals surface area contributed by atoms with E-state index in [4.69, 9.17) is 4.74 Å². The average Bonchev–Trinajstić information content (AvgIpc) is 3.54. The van der Waals surface area contributed by atoms with Gasteiger partial charge in [0.1, 0.15) is 12.6 Å². The number of benzene rings is 2. The van der Waals surface area contributed by atoms with Gasteiger partial charge in [-0.2, -0.15) is 0 Å². The maximum Gasteiger partial charge on any atom is 0.311 e. The van der Waals surface area contributed by atoms with Gasteiger partial charge in [0.25, 0.3) is 5.91 Å². The summed E-state index contributed by atoms with van der Waals surface area (Å²) in [5.41, 5.74) is 0.706. The Labute approximate surface area is 241 Å². The number of amides is 2. The van der Waals surface area contributed by atoms with E-state index in [1.807, 2.05) is 49.4 Å². The van der Waals surface area contributed by atoms with E-state index in [2.05, 4.69) is 29.1 Å². The second-order valence-electron chi connectivity index (χ2n) is 10.3. The summed E-state index contributed by atoms with van der Waals surface area (Å²) in [4.78, 5) is 45.3. The summed E-state index contributed by atoms with van der Waals surface area (Å²) in [6.07, 6.45) is 4.21. The van der Waals surface area contributed by atoms with Gasteiger partial charge in [-0.05, 0) is 35.7 Å². The first-order valence-electron chi connectivity index (χ1n) is 13.3. The number of halogens is 1. The van der Waals surface area contributed by atoms with Crippen molar-refractivity contribution in [3.05, 3.63) is 67.8 Å². The summed E-state index contributed by atoms with van der Waals surface area (Å²) < 4.78 is 4.62. The standard InChI is InChI=1S/C30H33BrN2O5S/c1-4-13-32(21-12-11-18-9-7-8-10-19(18)15-21)28(36)26-30-16-22(31)25(39-30)23(29(37)38-14-5-2)24(30)27(35)33(26)20(6-3)17-34/h4-5,7-12,15,20,22-26,34H,1-2,6,13-14,16-17H2,3H3/t20-,22?,23+,24-,25+,26?,30?/m0/s1. The van der Waals surface area contributed by atoms with Crippen LogP contribution < -0.4 is 4.90 Å². The molecule has 2 aromatic rings. The van der Waals surface area contributed by atoms with Gasteiger partial charge in [-0.1, -0.05) is 71.9 Å². The fourth-order valence-electron chi connectivity index (χ4n) is 6.60. The molecule has 2 amide bonds. The van der Waals surface area contributed by atoms with Crippen molar-refractivity contribution in [3.63, 3.8) is 0 Å². The minimum absolute atomic E-state index is 0.0585. The Morgan fingerprint density at radius 1 is 1.26 bits per heavy atom. The van der Waals surface area contributed by atoms with Gasteiger partial charge in [0, 0.05) is 22.3 Å². The van der Waals surface area contributed by atoms with E-state index >= 15 is 0 Å². The van der Waals surface area contributed by atoms with Crippen molar-refractivity contribution in [1.29, 1.82) is 0 Å². The lowest BCUT2D eigenvalue weighted by Gasteiger charge is -2.39. The van der Waals surface area contributed by atoms with Gasteiger partial charge in [0.05, 0.1) is 29.2 Å². The molecule has 0 aromatic heterocycles. The highest BCUT2D eigenvalue weighted by molar-refractivity contribution is 9.09. The first kappa shape index (κ1) is 27.9. The van der Waals surface area contributed by atoms with Crippen molar-refractivity contribution in [3.8, 4) is 0 Å². The van der Waals surface area contributed by atoms with Gasteiger partial charge in [0.15, 0.2) is 0 Å². The van der Waals surface area contributed by atoms with Crippen molar-refractivity contribution in [2.75, 3.05) is 24.7 Å². The molecular weight excluding hydrogens is 580 g/mol. The van der Waals surface area contributed by atoms with E-state index in [1.165, 1.54) is 6.08 Å². The maximum absolute atomic E-state index is 14.7. The molecule has 3 fully saturated rings. The number of aliphatic hydroxyl groups excluding tert-OH is 1. The highest BCUT2D eigenvalue weighted by Crippen LogP contribution is 2.68. The molecule has 0 radical (unpaired) electrons. The number of esters is 1. The lowest BCUT2D eigenvalue weighted by atomic mass is 9.71. The summed E-state index contributed by atoms with van der Waals surface area (Å²) in [7, 11) is 0. The molecule has 3 aliphatic rings. The van der Waals surface area contributed by atoms with E-state index in [-0.39, 0.29) is 41.6 Å². The summed E-state index contributed by atoms with van der Waals surface area (Å²) in [5, 5.41) is 12.2. The quantitative estimate of drug-likeness (QED) is 0.244. The Hall–Kier alpha value is -2.62. The second-order valence-corrected chi connectivity index (χ2v) is 13.1. The summed E-state index contributed by atoms with van der Waals surface area (Å²) in [5.74, 6) is -2.34. The van der Waals surface area contributed by atoms with Crippen LogP contribution in [0.5, 0.6) is 0 Å². The molecule has 2 bridgehead atoms. The van der Waals surface area contributed by atoms with Crippen molar-refractivity contribution in [1.82, 2.24) is 4.90 Å². The van der Waals surface area contributed by atoms with Crippen molar-refractivity contribution in [2.45, 2.75) is 46.7 Å². The highest BCUT2D eigenvalue weighted by atomic mass is 79.9. The zero-order chi connectivity index (χ0) is 27.9. The highest BCUT2D eigenvalue weighted by Gasteiger charge is 2.76. The number of carbonyl (C=O) groups is 3. The third kappa shape index (κ3) is 4.43. The molecule has 39 heavy (non-hydrogen) atoms. The number of likely N-dealkylation sites (tertiary alicyclic amines) is 1. The molecule has 9 heteroatoms. The van der Waals surface area contributed by atoms with Crippen LogP contribution in [-0.2, 0) is 19.1 Å². The largest absolute Gasteiger partial charge is 0.461 e. The first-order valence-corrected chi connectivity index (χ1v) is 15.1. The summed E-state index contributed by atoms with van der Waals surface area (Å²) in [6, 6.07) is 12.4. The van der Waals surface area contributed by atoms with Crippen LogP contribution in [0, 0.1) is 11.8 Å². The molecular formula is C30H33BrN2O5S. The number of nitrogens with zero attached hydrogens (tertiary/aromatic N) is 2. The average molecular weight is 614 g/mol. The molecule has 206 valence electrons. The fourth-order valence-corrected chi connectivity index (χ4v) is 10.2. The van der Waals surface area contributed by atoms with Crippen LogP contribution in [0.25, 0.3) is 10.8 Å². The maximum atomic E-state index is 14.7. The summed E-state index contributed by atoms with van der Waals surface area (Å²) >= 11 is 5.31. The minimum atomic E-state index is -0.856. The smallest absolute Gasteiger partial charge is 0.311 e. The van der Waals surface area contributed by atoms with Crippen LogP contribution >= 0.6 is 27.7 Å². The molecule has 1 N–H and O–H groups in total. The predicted molar refractivity (Wildman–Crippen MR) is 158 cm³/mol. The predicted octanol–water partition coefficient (Wildman–Crippen LogP) is 4.32. The number of alkyl halides is 1. The number of thioether (sulfide) groups is 1.